The third-order valence-electron chi connectivity index (χ3n) is 6.59. The molecule has 0 unspecified atom stereocenters. The van der Waals surface area contributed by atoms with Crippen molar-refractivity contribution in [2.45, 2.75) is 45.4 Å². The highest BCUT2D eigenvalue weighted by Gasteiger charge is 2.37. The maximum absolute atomic E-state index is 13.2. The monoisotopic (exact) mass is 429 g/mol. The Morgan fingerprint density at radius 3 is 2.16 bits per heavy atom. The lowest BCUT2D eigenvalue weighted by atomic mass is 9.89. The molecule has 6 heteroatoms. The van der Waals surface area contributed by atoms with Crippen LogP contribution in [0.25, 0.3) is 6.08 Å². The molecule has 3 aliphatic rings. The molecule has 1 N–H and O–H groups in total. The molecule has 3 aliphatic heterocycles. The van der Waals surface area contributed by atoms with Crippen molar-refractivity contribution in [1.29, 1.82) is 0 Å². The lowest BCUT2D eigenvalue weighted by Crippen LogP contribution is -2.54. The minimum absolute atomic E-state index is 0.0202. The number of anilines is 2. The van der Waals surface area contributed by atoms with Crippen LogP contribution < -0.4 is 15.1 Å². The maximum Gasteiger partial charge on any atom is 0.335 e. The SMILES string of the molecule is CC(C)c1ccc(N2C(=O)NC(=O)C(=Cc3cc4c5c(c3)CCCN5CCC4)C2=O)cc1. The van der Waals surface area contributed by atoms with E-state index < -0.39 is 17.8 Å². The Hall–Kier alpha value is -3.41. The third-order valence-corrected chi connectivity index (χ3v) is 6.59. The second-order valence-electron chi connectivity index (χ2n) is 9.09. The summed E-state index contributed by atoms with van der Waals surface area (Å²) in [5.74, 6) is -0.903. The van der Waals surface area contributed by atoms with Crippen molar-refractivity contribution in [2.24, 2.45) is 0 Å². The number of nitrogens with one attached hydrogen (secondary N) is 1. The predicted octanol–water partition coefficient (Wildman–Crippen LogP) is 4.18. The van der Waals surface area contributed by atoms with E-state index in [0.29, 0.717) is 11.6 Å². The highest BCUT2D eigenvalue weighted by atomic mass is 16.2. The zero-order valence-corrected chi connectivity index (χ0v) is 18.5. The molecule has 0 atom stereocenters. The largest absolute Gasteiger partial charge is 0.371 e. The quantitative estimate of drug-likeness (QED) is 0.587. The molecule has 32 heavy (non-hydrogen) atoms. The molecule has 5 rings (SSSR count). The Morgan fingerprint density at radius 1 is 0.938 bits per heavy atom. The van der Waals surface area contributed by atoms with Crippen LogP contribution in [0, 0.1) is 0 Å². The molecule has 164 valence electrons. The van der Waals surface area contributed by atoms with Gasteiger partial charge in [0.15, 0.2) is 0 Å². The topological polar surface area (TPSA) is 69.7 Å². The highest BCUT2D eigenvalue weighted by Crippen LogP contribution is 2.36. The number of amides is 4. The number of hydrogen-bond acceptors (Lipinski definition) is 4. The Labute approximate surface area is 187 Å². The molecule has 1 fully saturated rings. The number of nitrogens with zero attached hydrogens (tertiary/aromatic N) is 2. The van der Waals surface area contributed by atoms with Crippen LogP contribution in [0.15, 0.2) is 42.0 Å². The van der Waals surface area contributed by atoms with Crippen LogP contribution in [0.1, 0.15) is 54.9 Å². The molecule has 0 aromatic heterocycles. The Kier molecular flexibility index (Phi) is 5.08. The Balaban J connectivity index is 1.51. The first-order chi connectivity index (χ1) is 15.4. The van der Waals surface area contributed by atoms with Crippen molar-refractivity contribution in [2.75, 3.05) is 22.9 Å². The fourth-order valence-corrected chi connectivity index (χ4v) is 4.98. The number of barbiturate groups is 1. The molecule has 2 aromatic carbocycles. The summed E-state index contributed by atoms with van der Waals surface area (Å²) < 4.78 is 0. The predicted molar refractivity (Wildman–Crippen MR) is 125 cm³/mol. The number of carbonyl (C=O) groups is 3. The van der Waals surface area contributed by atoms with E-state index in [1.54, 1.807) is 18.2 Å². The number of carbonyl (C=O) groups excluding carboxylic acids is 3. The average Bonchev–Trinajstić information content (AvgIpc) is 2.77. The van der Waals surface area contributed by atoms with Crippen molar-refractivity contribution in [3.8, 4) is 0 Å². The van der Waals surface area contributed by atoms with Gasteiger partial charge < -0.3 is 4.90 Å². The molecular weight excluding hydrogens is 402 g/mol. The van der Waals surface area contributed by atoms with Gasteiger partial charge in [0, 0.05) is 18.8 Å². The van der Waals surface area contributed by atoms with Crippen LogP contribution in [0.4, 0.5) is 16.2 Å². The van der Waals surface area contributed by atoms with Crippen LogP contribution in [0.2, 0.25) is 0 Å². The lowest BCUT2D eigenvalue weighted by molar-refractivity contribution is -0.122. The van der Waals surface area contributed by atoms with Gasteiger partial charge in [-0.15, -0.1) is 0 Å². The summed E-state index contributed by atoms with van der Waals surface area (Å²) in [6.45, 7) is 6.35. The molecule has 0 aliphatic carbocycles. The normalized spacial score (nSPS) is 19.5. The van der Waals surface area contributed by atoms with Crippen LogP contribution >= 0.6 is 0 Å². The second-order valence-corrected chi connectivity index (χ2v) is 9.09. The molecule has 1 saturated heterocycles. The van der Waals surface area contributed by atoms with Gasteiger partial charge >= 0.3 is 6.03 Å². The fraction of sp³-hybridized carbons (Fsp3) is 0.346. The molecule has 0 saturated carbocycles. The van der Waals surface area contributed by atoms with Crippen molar-refractivity contribution in [1.82, 2.24) is 5.32 Å². The standard InChI is InChI=1S/C26H27N3O3/c1-16(2)18-7-9-21(10-8-18)29-25(31)22(24(30)27-26(29)32)15-17-13-19-5-3-11-28-12-4-6-20(14-17)23(19)28/h7-10,13-16H,3-6,11-12H2,1-2H3,(H,27,30,32). The lowest BCUT2D eigenvalue weighted by Gasteiger charge is -2.37. The van der Waals surface area contributed by atoms with E-state index in [4.69, 9.17) is 0 Å². The van der Waals surface area contributed by atoms with Crippen molar-refractivity contribution in [3.05, 3.63) is 64.2 Å². The van der Waals surface area contributed by atoms with Crippen molar-refractivity contribution >= 4 is 35.3 Å². The summed E-state index contributed by atoms with van der Waals surface area (Å²) >= 11 is 0. The number of benzene rings is 2. The van der Waals surface area contributed by atoms with E-state index in [0.717, 1.165) is 54.8 Å². The molecular formula is C26H27N3O3. The van der Waals surface area contributed by atoms with E-state index in [-0.39, 0.29) is 5.57 Å². The molecule has 0 radical (unpaired) electrons. The zero-order valence-electron chi connectivity index (χ0n) is 18.5. The second kappa shape index (κ2) is 7.93. The molecule has 2 aromatic rings. The third kappa shape index (κ3) is 3.49. The first-order valence-electron chi connectivity index (χ1n) is 11.3. The van der Waals surface area contributed by atoms with Gasteiger partial charge in [0.05, 0.1) is 5.69 Å². The first-order valence-corrected chi connectivity index (χ1v) is 11.3. The molecule has 0 spiro atoms. The Bertz CT molecular complexity index is 1120. The van der Waals surface area contributed by atoms with Crippen molar-refractivity contribution in [3.63, 3.8) is 0 Å². The molecule has 6 nitrogen and oxygen atoms in total. The summed E-state index contributed by atoms with van der Waals surface area (Å²) in [4.78, 5) is 41.8. The van der Waals surface area contributed by atoms with Crippen LogP contribution in [0.5, 0.6) is 0 Å². The minimum Gasteiger partial charge on any atom is -0.371 e. The number of aryl methyl sites for hydroxylation is 2. The Morgan fingerprint density at radius 2 is 1.56 bits per heavy atom. The highest BCUT2D eigenvalue weighted by molar-refractivity contribution is 6.39. The van der Waals surface area contributed by atoms with E-state index in [2.05, 4.69) is 36.2 Å². The smallest absolute Gasteiger partial charge is 0.335 e. The van der Waals surface area contributed by atoms with Gasteiger partial charge in [-0.25, -0.2) is 9.69 Å². The molecule has 0 bridgehead atoms. The molecule has 4 amide bonds. The number of rotatable bonds is 3. The summed E-state index contributed by atoms with van der Waals surface area (Å²) in [6.07, 6.45) is 5.86. The average molecular weight is 430 g/mol. The van der Waals surface area contributed by atoms with Gasteiger partial charge in [-0.05, 0) is 84.2 Å². The van der Waals surface area contributed by atoms with Gasteiger partial charge in [0.2, 0.25) is 0 Å². The summed E-state index contributed by atoms with van der Waals surface area (Å²) in [7, 11) is 0. The van der Waals surface area contributed by atoms with E-state index in [1.165, 1.54) is 16.8 Å². The number of hydrogen-bond donors (Lipinski definition) is 1. The zero-order chi connectivity index (χ0) is 22.4. The summed E-state index contributed by atoms with van der Waals surface area (Å²) in [5.41, 5.74) is 6.28. The van der Waals surface area contributed by atoms with Crippen molar-refractivity contribution < 1.29 is 14.4 Å². The minimum atomic E-state index is -0.717. The maximum atomic E-state index is 13.2. The van der Waals surface area contributed by atoms with Crippen LogP contribution in [-0.2, 0) is 22.4 Å². The van der Waals surface area contributed by atoms with E-state index in [1.807, 2.05) is 12.1 Å². The first kappa shape index (κ1) is 20.5. The fourth-order valence-electron chi connectivity index (χ4n) is 4.98. The number of urea groups is 1. The van der Waals surface area contributed by atoms with Gasteiger partial charge in [0.25, 0.3) is 11.8 Å². The van der Waals surface area contributed by atoms with Gasteiger partial charge in [-0.3, -0.25) is 14.9 Å². The van der Waals surface area contributed by atoms with Crippen LogP contribution in [0.3, 0.4) is 0 Å². The van der Waals surface area contributed by atoms with Gasteiger partial charge in [0.1, 0.15) is 5.57 Å². The van der Waals surface area contributed by atoms with Gasteiger partial charge in [-0.1, -0.05) is 26.0 Å². The molecule has 3 heterocycles. The summed E-state index contributed by atoms with van der Waals surface area (Å²) in [5, 5.41) is 2.33. The van der Waals surface area contributed by atoms with E-state index in [9.17, 15) is 14.4 Å². The van der Waals surface area contributed by atoms with Gasteiger partial charge in [-0.2, -0.15) is 0 Å². The summed E-state index contributed by atoms with van der Waals surface area (Å²) in [6, 6.07) is 10.8. The van der Waals surface area contributed by atoms with Crippen LogP contribution in [-0.4, -0.2) is 30.9 Å². The number of imide groups is 2. The van der Waals surface area contributed by atoms with E-state index >= 15 is 0 Å².